The van der Waals surface area contributed by atoms with Crippen LogP contribution in [-0.4, -0.2) is 37.5 Å². The van der Waals surface area contributed by atoms with E-state index in [1.807, 2.05) is 6.08 Å². The van der Waals surface area contributed by atoms with E-state index in [1.54, 1.807) is 0 Å². The molecule has 1 aromatic carbocycles. The van der Waals surface area contributed by atoms with Crippen molar-refractivity contribution in [3.8, 4) is 0 Å². The van der Waals surface area contributed by atoms with Gasteiger partial charge in [-0.25, -0.2) is 0 Å². The highest BCUT2D eigenvalue weighted by atomic mass is 28.4. The normalized spacial score (nSPS) is 25.6. The van der Waals surface area contributed by atoms with Crippen LogP contribution in [0.3, 0.4) is 0 Å². The number of cyclic esters (lactones) is 1. The molecule has 1 aliphatic carbocycles. The first kappa shape index (κ1) is 33.5. The number of esters is 1. The zero-order valence-electron chi connectivity index (χ0n) is 27.9. The lowest BCUT2D eigenvalue weighted by Gasteiger charge is -2.47. The Kier molecular flexibility index (Phi) is 9.12. The molecular formula is C32H56O5Si3. The SMILES string of the molecule is CC(C)(C)[Si](C)(C)OC/C=C1\OC(=O)[C@H]2[C@@H]1[C@@H](O[Si](C)(C)C(C)(C)C)c1ccccc1[C@H]2O[Si](C)(C)C(C)(C)C. The third kappa shape index (κ3) is 6.47. The number of carbonyl (C=O) groups is 1. The average Bonchev–Trinajstić information content (AvgIpc) is 3.09. The van der Waals surface area contributed by atoms with Crippen molar-refractivity contribution in [2.75, 3.05) is 6.61 Å². The van der Waals surface area contributed by atoms with Gasteiger partial charge < -0.3 is 18.0 Å². The number of benzene rings is 1. The van der Waals surface area contributed by atoms with Crippen molar-refractivity contribution < 1.29 is 22.8 Å². The van der Waals surface area contributed by atoms with Gasteiger partial charge in [0.1, 0.15) is 5.76 Å². The highest BCUT2D eigenvalue weighted by Gasteiger charge is 2.58. The second-order valence-corrected chi connectivity index (χ2v) is 30.7. The molecule has 0 spiro atoms. The van der Waals surface area contributed by atoms with Crippen LogP contribution in [0, 0.1) is 11.8 Å². The Morgan fingerprint density at radius 3 is 1.50 bits per heavy atom. The van der Waals surface area contributed by atoms with Crippen molar-refractivity contribution in [3.63, 3.8) is 0 Å². The summed E-state index contributed by atoms with van der Waals surface area (Å²) in [6, 6.07) is 8.42. The number of rotatable bonds is 7. The lowest BCUT2D eigenvalue weighted by atomic mass is 9.72. The van der Waals surface area contributed by atoms with Crippen LogP contribution < -0.4 is 0 Å². The second-order valence-electron chi connectivity index (χ2n) is 16.4. The second kappa shape index (κ2) is 10.9. The number of fused-ring (bicyclic) bond motifs is 2. The molecule has 40 heavy (non-hydrogen) atoms. The van der Waals surface area contributed by atoms with E-state index in [0.29, 0.717) is 12.4 Å². The van der Waals surface area contributed by atoms with Gasteiger partial charge in [-0.1, -0.05) is 86.6 Å². The number of carbonyl (C=O) groups excluding carboxylic acids is 1. The van der Waals surface area contributed by atoms with Crippen LogP contribution in [-0.2, 0) is 22.8 Å². The summed E-state index contributed by atoms with van der Waals surface area (Å²) < 4.78 is 26.9. The summed E-state index contributed by atoms with van der Waals surface area (Å²) in [6.45, 7) is 34.2. The molecule has 1 fully saturated rings. The highest BCUT2D eigenvalue weighted by Crippen LogP contribution is 2.57. The Morgan fingerprint density at radius 1 is 0.700 bits per heavy atom. The van der Waals surface area contributed by atoms with Crippen molar-refractivity contribution in [2.45, 2.75) is 129 Å². The van der Waals surface area contributed by atoms with Crippen LogP contribution in [0.25, 0.3) is 0 Å². The first-order valence-electron chi connectivity index (χ1n) is 14.9. The van der Waals surface area contributed by atoms with Gasteiger partial charge in [-0.15, -0.1) is 0 Å². The molecule has 4 atom stereocenters. The van der Waals surface area contributed by atoms with Crippen LogP contribution in [0.5, 0.6) is 0 Å². The minimum Gasteiger partial charge on any atom is -0.431 e. The molecule has 8 heteroatoms. The number of hydrogen-bond donors (Lipinski definition) is 0. The van der Waals surface area contributed by atoms with Crippen molar-refractivity contribution in [3.05, 3.63) is 47.2 Å². The fourth-order valence-corrected chi connectivity index (χ4v) is 8.09. The average molecular weight is 605 g/mol. The molecule has 1 heterocycles. The monoisotopic (exact) mass is 604 g/mol. The molecule has 0 aromatic heterocycles. The predicted molar refractivity (Wildman–Crippen MR) is 173 cm³/mol. The summed E-state index contributed by atoms with van der Waals surface area (Å²) in [4.78, 5) is 13.8. The van der Waals surface area contributed by atoms with Crippen LogP contribution in [0.1, 0.15) is 85.6 Å². The topological polar surface area (TPSA) is 54.0 Å². The Labute approximate surface area is 247 Å². The predicted octanol–water partition coefficient (Wildman–Crippen LogP) is 9.52. The van der Waals surface area contributed by atoms with Gasteiger partial charge in [0.15, 0.2) is 25.0 Å². The van der Waals surface area contributed by atoms with E-state index in [9.17, 15) is 4.79 Å². The molecule has 0 N–H and O–H groups in total. The van der Waals surface area contributed by atoms with Crippen molar-refractivity contribution in [1.29, 1.82) is 0 Å². The number of hydrogen-bond acceptors (Lipinski definition) is 5. The van der Waals surface area contributed by atoms with E-state index in [2.05, 4.69) is 126 Å². The van der Waals surface area contributed by atoms with E-state index in [4.69, 9.17) is 18.0 Å². The lowest BCUT2D eigenvalue weighted by molar-refractivity contribution is -0.143. The van der Waals surface area contributed by atoms with Gasteiger partial charge in [0, 0.05) is 0 Å². The summed E-state index contributed by atoms with van der Waals surface area (Å²) in [5, 5.41) is 0.120. The van der Waals surface area contributed by atoms with Crippen LogP contribution in [0.2, 0.25) is 54.4 Å². The molecule has 3 rings (SSSR count). The number of ether oxygens (including phenoxy) is 1. The summed E-state index contributed by atoms with van der Waals surface area (Å²) in [5.41, 5.74) is 2.18. The molecule has 2 aliphatic rings. The maximum Gasteiger partial charge on any atom is 0.317 e. The van der Waals surface area contributed by atoms with E-state index in [-0.39, 0.29) is 39.2 Å². The lowest BCUT2D eigenvalue weighted by Crippen LogP contribution is -2.48. The van der Waals surface area contributed by atoms with Gasteiger partial charge in [-0.05, 0) is 71.6 Å². The molecule has 0 unspecified atom stereocenters. The smallest absolute Gasteiger partial charge is 0.317 e. The fourth-order valence-electron chi connectivity index (χ4n) is 4.63. The summed E-state index contributed by atoms with van der Waals surface area (Å²) in [6.07, 6.45) is 1.34. The zero-order valence-corrected chi connectivity index (χ0v) is 30.9. The Balaban J connectivity index is 2.15. The first-order chi connectivity index (χ1) is 17.9. The quantitative estimate of drug-likeness (QED) is 0.229. The summed E-state index contributed by atoms with van der Waals surface area (Å²) in [7, 11) is -6.40. The Hall–Kier alpha value is -1.04. The minimum absolute atomic E-state index is 0.00408. The molecular weight excluding hydrogens is 549 g/mol. The molecule has 1 aliphatic heterocycles. The van der Waals surface area contributed by atoms with Crippen molar-refractivity contribution in [2.24, 2.45) is 11.8 Å². The third-order valence-electron chi connectivity index (χ3n) is 10.5. The van der Waals surface area contributed by atoms with Gasteiger partial charge in [-0.3, -0.25) is 4.79 Å². The standard InChI is InChI=1S/C32H56O5Si3/c1-30(2,3)38(10,11)34-21-20-24-25-26(29(33)35-24)28(37-40(14,15)32(7,8)9)23-19-17-16-18-22(23)27(25)36-39(12,13)31(4,5)6/h16-20,25-28H,21H2,1-15H3/b24-20-/t25-,26+,27+,28-/m1/s1. The maximum absolute atomic E-state index is 13.8. The zero-order chi connectivity index (χ0) is 30.7. The molecule has 226 valence electrons. The minimum atomic E-state index is -2.22. The fraction of sp³-hybridized carbons (Fsp3) is 0.719. The molecule has 1 saturated heterocycles. The molecule has 0 amide bonds. The summed E-state index contributed by atoms with van der Waals surface area (Å²) >= 11 is 0. The van der Waals surface area contributed by atoms with E-state index in [1.165, 1.54) is 0 Å². The van der Waals surface area contributed by atoms with Crippen LogP contribution in [0.4, 0.5) is 0 Å². The molecule has 0 radical (unpaired) electrons. The summed E-state index contributed by atoms with van der Waals surface area (Å²) in [5.74, 6) is -0.256. The molecule has 1 aromatic rings. The maximum atomic E-state index is 13.8. The van der Waals surface area contributed by atoms with Crippen LogP contribution >= 0.6 is 0 Å². The van der Waals surface area contributed by atoms with E-state index < -0.39 is 30.9 Å². The Morgan fingerprint density at radius 2 is 1.10 bits per heavy atom. The Bertz CT molecular complexity index is 1120. The molecule has 0 saturated carbocycles. The van der Waals surface area contributed by atoms with Gasteiger partial charge in [0.2, 0.25) is 0 Å². The van der Waals surface area contributed by atoms with Crippen molar-refractivity contribution in [1.82, 2.24) is 0 Å². The first-order valence-corrected chi connectivity index (χ1v) is 23.6. The van der Waals surface area contributed by atoms with Gasteiger partial charge in [0.05, 0.1) is 30.7 Å². The molecule has 5 nitrogen and oxygen atoms in total. The van der Waals surface area contributed by atoms with Gasteiger partial charge in [-0.2, -0.15) is 0 Å². The van der Waals surface area contributed by atoms with E-state index in [0.717, 1.165) is 11.1 Å². The van der Waals surface area contributed by atoms with Crippen LogP contribution in [0.15, 0.2) is 36.1 Å². The largest absolute Gasteiger partial charge is 0.431 e. The van der Waals surface area contributed by atoms with Crippen molar-refractivity contribution >= 4 is 30.9 Å². The molecule has 0 bridgehead atoms. The highest BCUT2D eigenvalue weighted by molar-refractivity contribution is 6.75. The van der Waals surface area contributed by atoms with Gasteiger partial charge >= 0.3 is 5.97 Å². The third-order valence-corrected chi connectivity index (χ3v) is 23.9. The van der Waals surface area contributed by atoms with Gasteiger partial charge in [0.25, 0.3) is 0 Å². The van der Waals surface area contributed by atoms with E-state index >= 15 is 0 Å².